The molecule has 21 heavy (non-hydrogen) atoms. The molecule has 106 valence electrons. The minimum absolute atomic E-state index is 0.154. The lowest BCUT2D eigenvalue weighted by Gasteiger charge is -2.35. The highest BCUT2D eigenvalue weighted by atomic mass is 15.3. The van der Waals surface area contributed by atoms with Crippen LogP contribution in [0, 0.1) is 0 Å². The summed E-state index contributed by atoms with van der Waals surface area (Å²) in [4.78, 5) is 19.0. The van der Waals surface area contributed by atoms with Crippen molar-refractivity contribution in [3.8, 4) is 0 Å². The van der Waals surface area contributed by atoms with Crippen molar-refractivity contribution in [3.05, 3.63) is 48.7 Å². The summed E-state index contributed by atoms with van der Waals surface area (Å²) in [6.07, 6.45) is 5.40. The van der Waals surface area contributed by atoms with Gasteiger partial charge in [0.05, 0.1) is 11.7 Å². The average Bonchev–Trinajstić information content (AvgIpc) is 2.99. The second-order valence-corrected chi connectivity index (χ2v) is 5.12. The van der Waals surface area contributed by atoms with Gasteiger partial charge in [-0.05, 0) is 18.2 Å². The largest absolute Gasteiger partial charge is 0.344 e. The highest BCUT2D eigenvalue weighted by molar-refractivity contribution is 5.73. The molecule has 6 nitrogen and oxygen atoms in total. The van der Waals surface area contributed by atoms with Gasteiger partial charge in [-0.2, -0.15) is 0 Å². The van der Waals surface area contributed by atoms with E-state index in [-0.39, 0.29) is 6.04 Å². The number of imidazole rings is 1. The number of aromatic amines is 1. The number of nitrogens with zero attached hydrogens (tertiary/aromatic N) is 4. The minimum atomic E-state index is 0.154. The van der Waals surface area contributed by atoms with Crippen LogP contribution >= 0.6 is 0 Å². The van der Waals surface area contributed by atoms with E-state index in [9.17, 15) is 0 Å². The van der Waals surface area contributed by atoms with Crippen molar-refractivity contribution in [2.75, 3.05) is 24.5 Å². The molecule has 1 atom stereocenters. The lowest BCUT2D eigenvalue weighted by atomic mass is 10.1. The normalized spacial score (nSPS) is 19.0. The van der Waals surface area contributed by atoms with E-state index in [1.807, 2.05) is 30.5 Å². The number of hydrogen-bond acceptors (Lipinski definition) is 5. The smallest absolute Gasteiger partial charge is 0.131 e. The van der Waals surface area contributed by atoms with Crippen molar-refractivity contribution in [2.24, 2.45) is 0 Å². The lowest BCUT2D eigenvalue weighted by Crippen LogP contribution is -2.46. The molecule has 1 aliphatic heterocycles. The number of anilines is 1. The van der Waals surface area contributed by atoms with Crippen LogP contribution in [-0.4, -0.2) is 39.6 Å². The molecule has 3 aromatic heterocycles. The van der Waals surface area contributed by atoms with E-state index < -0.39 is 0 Å². The number of hydrogen-bond donors (Lipinski definition) is 2. The number of rotatable bonds is 2. The van der Waals surface area contributed by atoms with Gasteiger partial charge in [0.1, 0.15) is 23.2 Å². The Morgan fingerprint density at radius 2 is 2.19 bits per heavy atom. The number of aromatic nitrogens is 4. The molecule has 0 aliphatic carbocycles. The van der Waals surface area contributed by atoms with Crippen LogP contribution in [0.4, 0.5) is 5.82 Å². The first-order valence-corrected chi connectivity index (χ1v) is 7.10. The van der Waals surface area contributed by atoms with E-state index in [4.69, 9.17) is 0 Å². The Kier molecular flexibility index (Phi) is 3.01. The predicted octanol–water partition coefficient (Wildman–Crippen LogP) is 1.50. The van der Waals surface area contributed by atoms with E-state index in [0.29, 0.717) is 0 Å². The van der Waals surface area contributed by atoms with Crippen molar-refractivity contribution >= 4 is 16.9 Å². The third-order valence-corrected chi connectivity index (χ3v) is 3.81. The van der Waals surface area contributed by atoms with Gasteiger partial charge in [0.2, 0.25) is 0 Å². The molecule has 0 bridgehead atoms. The third kappa shape index (κ3) is 2.23. The highest BCUT2D eigenvalue weighted by Gasteiger charge is 2.27. The summed E-state index contributed by atoms with van der Waals surface area (Å²) in [7, 11) is 0. The van der Waals surface area contributed by atoms with E-state index in [2.05, 4.69) is 30.2 Å². The number of H-pyrrole nitrogens is 1. The molecular weight excluding hydrogens is 264 g/mol. The fourth-order valence-corrected chi connectivity index (χ4v) is 2.78. The first kappa shape index (κ1) is 12.3. The maximum absolute atomic E-state index is 4.68. The van der Waals surface area contributed by atoms with Gasteiger partial charge in [0, 0.05) is 32.0 Å². The standard InChI is InChI=1S/C15H16N6/c1-2-5-18-14(3-1)21-8-7-17-10-13(21)15-19-11-4-6-16-9-12(11)20-15/h1-6,9,13,17H,7-8,10H2,(H,19,20). The van der Waals surface area contributed by atoms with Crippen LogP contribution in [0.5, 0.6) is 0 Å². The van der Waals surface area contributed by atoms with Crippen molar-refractivity contribution in [3.63, 3.8) is 0 Å². The van der Waals surface area contributed by atoms with Gasteiger partial charge in [-0.25, -0.2) is 9.97 Å². The van der Waals surface area contributed by atoms with Gasteiger partial charge in [-0.1, -0.05) is 6.07 Å². The zero-order chi connectivity index (χ0) is 14.1. The molecule has 0 saturated carbocycles. The van der Waals surface area contributed by atoms with Crippen LogP contribution in [0.15, 0.2) is 42.9 Å². The van der Waals surface area contributed by atoms with Gasteiger partial charge in [0.25, 0.3) is 0 Å². The van der Waals surface area contributed by atoms with Gasteiger partial charge < -0.3 is 15.2 Å². The van der Waals surface area contributed by atoms with Gasteiger partial charge >= 0.3 is 0 Å². The molecule has 0 radical (unpaired) electrons. The highest BCUT2D eigenvalue weighted by Crippen LogP contribution is 2.26. The summed E-state index contributed by atoms with van der Waals surface area (Å²) in [5.41, 5.74) is 1.92. The van der Waals surface area contributed by atoms with Crippen LogP contribution in [0.2, 0.25) is 0 Å². The molecule has 2 N–H and O–H groups in total. The molecule has 1 saturated heterocycles. The molecule has 0 spiro atoms. The zero-order valence-corrected chi connectivity index (χ0v) is 11.5. The second-order valence-electron chi connectivity index (χ2n) is 5.12. The summed E-state index contributed by atoms with van der Waals surface area (Å²) in [5, 5.41) is 3.43. The molecule has 4 rings (SSSR count). The Labute approximate surface area is 122 Å². The number of nitrogens with one attached hydrogen (secondary N) is 2. The molecule has 1 aliphatic rings. The lowest BCUT2D eigenvalue weighted by molar-refractivity contribution is 0.473. The number of fused-ring (bicyclic) bond motifs is 1. The van der Waals surface area contributed by atoms with Crippen LogP contribution in [0.25, 0.3) is 11.0 Å². The van der Waals surface area contributed by atoms with Crippen LogP contribution in [-0.2, 0) is 0 Å². The summed E-state index contributed by atoms with van der Waals surface area (Å²) in [6.45, 7) is 2.72. The Morgan fingerprint density at radius 1 is 1.19 bits per heavy atom. The van der Waals surface area contributed by atoms with Crippen LogP contribution in [0.3, 0.4) is 0 Å². The van der Waals surface area contributed by atoms with Gasteiger partial charge in [-0.15, -0.1) is 0 Å². The molecule has 0 amide bonds. The Bertz CT molecular complexity index is 705. The van der Waals surface area contributed by atoms with E-state index >= 15 is 0 Å². The summed E-state index contributed by atoms with van der Waals surface area (Å²) >= 11 is 0. The van der Waals surface area contributed by atoms with Crippen molar-refractivity contribution < 1.29 is 0 Å². The molecular formula is C15H16N6. The van der Waals surface area contributed by atoms with Crippen molar-refractivity contribution in [1.82, 2.24) is 25.3 Å². The predicted molar refractivity (Wildman–Crippen MR) is 81.1 cm³/mol. The molecule has 4 heterocycles. The minimum Gasteiger partial charge on any atom is -0.344 e. The summed E-state index contributed by atoms with van der Waals surface area (Å²) in [6, 6.07) is 8.11. The number of piperazine rings is 1. The first-order valence-electron chi connectivity index (χ1n) is 7.10. The Morgan fingerprint density at radius 3 is 3.05 bits per heavy atom. The summed E-state index contributed by atoms with van der Waals surface area (Å²) in [5.74, 6) is 1.94. The monoisotopic (exact) mass is 280 g/mol. The van der Waals surface area contributed by atoms with Crippen molar-refractivity contribution in [2.45, 2.75) is 6.04 Å². The topological polar surface area (TPSA) is 69.7 Å². The third-order valence-electron chi connectivity index (χ3n) is 3.81. The maximum Gasteiger partial charge on any atom is 0.131 e. The van der Waals surface area contributed by atoms with Crippen LogP contribution < -0.4 is 10.2 Å². The Balaban J connectivity index is 1.73. The first-order chi connectivity index (χ1) is 10.4. The molecule has 6 heteroatoms. The van der Waals surface area contributed by atoms with E-state index in [1.165, 1.54) is 0 Å². The zero-order valence-electron chi connectivity index (χ0n) is 11.5. The molecule has 1 unspecified atom stereocenters. The Hall–Kier alpha value is -2.47. The maximum atomic E-state index is 4.68. The average molecular weight is 280 g/mol. The van der Waals surface area contributed by atoms with Gasteiger partial charge in [0.15, 0.2) is 0 Å². The molecule has 3 aromatic rings. The number of pyridine rings is 2. The molecule has 0 aromatic carbocycles. The van der Waals surface area contributed by atoms with Crippen LogP contribution in [0.1, 0.15) is 11.9 Å². The van der Waals surface area contributed by atoms with Gasteiger partial charge in [-0.3, -0.25) is 4.98 Å². The second kappa shape index (κ2) is 5.14. The quantitative estimate of drug-likeness (QED) is 0.744. The van der Waals surface area contributed by atoms with Crippen molar-refractivity contribution in [1.29, 1.82) is 0 Å². The fraction of sp³-hybridized carbons (Fsp3) is 0.267. The van der Waals surface area contributed by atoms with E-state index in [0.717, 1.165) is 42.3 Å². The summed E-state index contributed by atoms with van der Waals surface area (Å²) < 4.78 is 0. The SMILES string of the molecule is c1ccc(N2CCNCC2c2nc3cnccc3[nH]2)nc1. The van der Waals surface area contributed by atoms with E-state index in [1.54, 1.807) is 12.4 Å². The fourth-order valence-electron chi connectivity index (χ4n) is 2.78. The molecule has 1 fully saturated rings.